The number of ether oxygens (including phenoxy) is 1. The van der Waals surface area contributed by atoms with Crippen molar-refractivity contribution in [2.24, 2.45) is 11.8 Å². The fourth-order valence-corrected chi connectivity index (χ4v) is 4.29. The summed E-state index contributed by atoms with van der Waals surface area (Å²) < 4.78 is 5.04. The van der Waals surface area contributed by atoms with E-state index in [9.17, 15) is 19.2 Å². The van der Waals surface area contributed by atoms with E-state index in [1.165, 1.54) is 4.90 Å². The molecule has 0 radical (unpaired) electrons. The summed E-state index contributed by atoms with van der Waals surface area (Å²) in [5.41, 5.74) is 0. The highest BCUT2D eigenvalue weighted by Crippen LogP contribution is 2.39. The van der Waals surface area contributed by atoms with Gasteiger partial charge in [-0.15, -0.1) is 0 Å². The van der Waals surface area contributed by atoms with Crippen LogP contribution >= 0.6 is 11.8 Å². The largest absolute Gasteiger partial charge is 0.463 e. The maximum Gasteiger partial charge on any atom is 0.307 e. The van der Waals surface area contributed by atoms with Crippen LogP contribution in [0, 0.1) is 11.8 Å². The van der Waals surface area contributed by atoms with E-state index in [1.807, 2.05) is 6.26 Å². The van der Waals surface area contributed by atoms with Crippen LogP contribution in [0.25, 0.3) is 0 Å². The van der Waals surface area contributed by atoms with Gasteiger partial charge in [-0.3, -0.25) is 24.1 Å². The van der Waals surface area contributed by atoms with Gasteiger partial charge in [-0.2, -0.15) is 11.8 Å². The number of amides is 3. The first-order chi connectivity index (χ1) is 12.9. The van der Waals surface area contributed by atoms with Gasteiger partial charge in [-0.1, -0.05) is 12.8 Å². The molecule has 1 heterocycles. The molecule has 7 nitrogen and oxygen atoms in total. The Morgan fingerprint density at radius 3 is 2.30 bits per heavy atom. The number of carbonyl (C=O) groups is 4. The zero-order valence-electron chi connectivity index (χ0n) is 16.4. The van der Waals surface area contributed by atoms with Crippen molar-refractivity contribution in [2.75, 3.05) is 18.6 Å². The Balaban J connectivity index is 2.01. The molecule has 2 aliphatic rings. The van der Waals surface area contributed by atoms with Gasteiger partial charge in [0.2, 0.25) is 17.7 Å². The minimum absolute atomic E-state index is 0.0618. The molecule has 3 unspecified atom stereocenters. The zero-order valence-corrected chi connectivity index (χ0v) is 17.2. The van der Waals surface area contributed by atoms with Crippen molar-refractivity contribution >= 4 is 35.5 Å². The maximum atomic E-state index is 12.8. The third kappa shape index (κ3) is 5.46. The van der Waals surface area contributed by atoms with Crippen LogP contribution in [0.15, 0.2) is 0 Å². The quantitative estimate of drug-likeness (QED) is 0.470. The fourth-order valence-electron chi connectivity index (χ4n) is 3.83. The molecule has 8 heteroatoms. The molecule has 0 aromatic rings. The van der Waals surface area contributed by atoms with Crippen molar-refractivity contribution in [3.05, 3.63) is 0 Å². The molecular formula is C19H30N2O5S. The van der Waals surface area contributed by atoms with E-state index in [1.54, 1.807) is 25.6 Å². The van der Waals surface area contributed by atoms with Crippen molar-refractivity contribution in [2.45, 2.75) is 64.5 Å². The van der Waals surface area contributed by atoms with Gasteiger partial charge in [0, 0.05) is 6.54 Å². The van der Waals surface area contributed by atoms with Crippen molar-refractivity contribution in [1.82, 2.24) is 10.2 Å². The Labute approximate surface area is 164 Å². The first kappa shape index (κ1) is 21.7. The molecule has 0 bridgehead atoms. The third-order valence-corrected chi connectivity index (χ3v) is 5.72. The van der Waals surface area contributed by atoms with Crippen LogP contribution in [0.4, 0.5) is 0 Å². The molecule has 1 saturated heterocycles. The number of hydrogen-bond donors (Lipinski definition) is 1. The normalized spacial score (nSPS) is 23.3. The van der Waals surface area contributed by atoms with Crippen LogP contribution in [0.3, 0.4) is 0 Å². The van der Waals surface area contributed by atoms with Gasteiger partial charge in [-0.25, -0.2) is 0 Å². The molecule has 1 saturated carbocycles. The second-order valence-electron chi connectivity index (χ2n) is 7.42. The predicted octanol–water partition coefficient (Wildman–Crippen LogP) is 1.74. The zero-order chi connectivity index (χ0) is 20.0. The first-order valence-corrected chi connectivity index (χ1v) is 11.1. The standard InChI is InChI=1S/C19H30N2O5S/c1-12(2)26-16(22)8-10-20-17(23)15(9-11-27-3)21-18(24)13-6-4-5-7-14(13)19(21)25/h12-15H,4-11H2,1-3H3,(H,20,23). The summed E-state index contributed by atoms with van der Waals surface area (Å²) in [6.07, 6.45) is 5.55. The number of carbonyl (C=O) groups excluding carboxylic acids is 4. The van der Waals surface area contributed by atoms with Gasteiger partial charge in [0.05, 0.1) is 24.4 Å². The monoisotopic (exact) mass is 398 g/mol. The summed E-state index contributed by atoms with van der Waals surface area (Å²) in [7, 11) is 0. The van der Waals surface area contributed by atoms with Crippen LogP contribution in [-0.2, 0) is 23.9 Å². The average molecular weight is 399 g/mol. The maximum absolute atomic E-state index is 12.8. The fraction of sp³-hybridized carbons (Fsp3) is 0.789. The highest BCUT2D eigenvalue weighted by molar-refractivity contribution is 7.98. The topological polar surface area (TPSA) is 92.8 Å². The molecule has 0 aromatic carbocycles. The minimum Gasteiger partial charge on any atom is -0.463 e. The van der Waals surface area contributed by atoms with Crippen LogP contribution in [-0.4, -0.2) is 59.3 Å². The summed E-state index contributed by atoms with van der Waals surface area (Å²) >= 11 is 1.57. The molecule has 2 fully saturated rings. The number of esters is 1. The Kier molecular flexibility index (Phi) is 8.13. The molecule has 27 heavy (non-hydrogen) atoms. The molecule has 0 aromatic heterocycles. The molecule has 3 atom stereocenters. The Hall–Kier alpha value is -1.57. The lowest BCUT2D eigenvalue weighted by Gasteiger charge is -2.25. The summed E-state index contributed by atoms with van der Waals surface area (Å²) in [5, 5.41) is 2.70. The van der Waals surface area contributed by atoms with Crippen molar-refractivity contribution < 1.29 is 23.9 Å². The number of thioether (sulfide) groups is 1. The van der Waals surface area contributed by atoms with Crippen molar-refractivity contribution in [1.29, 1.82) is 0 Å². The lowest BCUT2D eigenvalue weighted by Crippen LogP contribution is -2.50. The van der Waals surface area contributed by atoms with Gasteiger partial charge < -0.3 is 10.1 Å². The summed E-state index contributed by atoms with van der Waals surface area (Å²) in [6.45, 7) is 3.65. The number of likely N-dealkylation sites (tertiary alicyclic amines) is 1. The number of rotatable bonds is 9. The van der Waals surface area contributed by atoms with Crippen LogP contribution in [0.1, 0.15) is 52.4 Å². The molecule has 1 aliphatic heterocycles. The average Bonchev–Trinajstić information content (AvgIpc) is 2.87. The van der Waals surface area contributed by atoms with Gasteiger partial charge in [0.15, 0.2) is 0 Å². The second-order valence-corrected chi connectivity index (χ2v) is 8.41. The molecule has 1 aliphatic carbocycles. The van der Waals surface area contributed by atoms with E-state index in [0.717, 1.165) is 25.7 Å². The van der Waals surface area contributed by atoms with E-state index in [-0.39, 0.29) is 54.6 Å². The summed E-state index contributed by atoms with van der Waals surface area (Å²) in [6, 6.07) is -0.802. The SMILES string of the molecule is CSCCC(C(=O)NCCC(=O)OC(C)C)N1C(=O)C2CCCCC2C1=O. The second kappa shape index (κ2) is 10.1. The summed E-state index contributed by atoms with van der Waals surface area (Å²) in [4.78, 5) is 51.2. The molecule has 3 amide bonds. The molecule has 2 rings (SSSR count). The molecule has 152 valence electrons. The number of nitrogens with zero attached hydrogens (tertiary/aromatic N) is 1. The number of fused-ring (bicyclic) bond motifs is 1. The van der Waals surface area contributed by atoms with Gasteiger partial charge in [0.25, 0.3) is 0 Å². The highest BCUT2D eigenvalue weighted by Gasteiger charge is 2.51. The Morgan fingerprint density at radius 2 is 1.78 bits per heavy atom. The number of imide groups is 1. The van der Waals surface area contributed by atoms with E-state index in [2.05, 4.69) is 5.32 Å². The summed E-state index contributed by atoms with van der Waals surface area (Å²) in [5.74, 6) is -1.03. The highest BCUT2D eigenvalue weighted by atomic mass is 32.2. The van der Waals surface area contributed by atoms with E-state index >= 15 is 0 Å². The molecular weight excluding hydrogens is 368 g/mol. The van der Waals surface area contributed by atoms with Crippen LogP contribution in [0.5, 0.6) is 0 Å². The van der Waals surface area contributed by atoms with Gasteiger partial charge in [-0.05, 0) is 45.1 Å². The van der Waals surface area contributed by atoms with E-state index < -0.39 is 6.04 Å². The number of hydrogen-bond acceptors (Lipinski definition) is 6. The van der Waals surface area contributed by atoms with Crippen molar-refractivity contribution in [3.63, 3.8) is 0 Å². The Bertz CT molecular complexity index is 556. The predicted molar refractivity (Wildman–Crippen MR) is 103 cm³/mol. The Morgan fingerprint density at radius 1 is 1.19 bits per heavy atom. The lowest BCUT2D eigenvalue weighted by atomic mass is 9.81. The third-order valence-electron chi connectivity index (χ3n) is 5.08. The van der Waals surface area contributed by atoms with Crippen LogP contribution < -0.4 is 5.32 Å². The first-order valence-electron chi connectivity index (χ1n) is 9.69. The molecule has 0 spiro atoms. The number of nitrogens with one attached hydrogen (secondary N) is 1. The van der Waals surface area contributed by atoms with Gasteiger partial charge in [0.1, 0.15) is 6.04 Å². The lowest BCUT2D eigenvalue weighted by molar-refractivity contribution is -0.149. The smallest absolute Gasteiger partial charge is 0.307 e. The van der Waals surface area contributed by atoms with Crippen LogP contribution in [0.2, 0.25) is 0 Å². The minimum atomic E-state index is -0.802. The van der Waals surface area contributed by atoms with Gasteiger partial charge >= 0.3 is 5.97 Å². The molecule has 1 N–H and O–H groups in total. The van der Waals surface area contributed by atoms with E-state index in [0.29, 0.717) is 12.2 Å². The van der Waals surface area contributed by atoms with Crippen molar-refractivity contribution in [3.8, 4) is 0 Å². The van der Waals surface area contributed by atoms with E-state index in [4.69, 9.17) is 4.74 Å².